The Bertz CT molecular complexity index is 1290. The van der Waals surface area contributed by atoms with Gasteiger partial charge in [0.25, 0.3) is 5.56 Å². The third-order valence-corrected chi connectivity index (χ3v) is 5.71. The van der Waals surface area contributed by atoms with Crippen LogP contribution in [-0.2, 0) is 17.9 Å². The highest BCUT2D eigenvalue weighted by atomic mass is 35.5. The molecule has 7 heteroatoms. The zero-order valence-corrected chi connectivity index (χ0v) is 18.8. The third-order valence-electron chi connectivity index (χ3n) is 5.46. The zero-order valence-electron chi connectivity index (χ0n) is 18.1. The molecule has 2 heterocycles. The number of rotatable bonds is 7. The molecule has 6 nitrogen and oxygen atoms in total. The predicted octanol–water partition coefficient (Wildman–Crippen LogP) is 4.65. The maximum Gasteiger partial charge on any atom is 0.276 e. The number of amides is 1. The second-order valence-electron chi connectivity index (χ2n) is 8.09. The molecule has 0 saturated heterocycles. The van der Waals surface area contributed by atoms with E-state index in [0.29, 0.717) is 29.5 Å². The van der Waals surface area contributed by atoms with Crippen molar-refractivity contribution in [2.24, 2.45) is 0 Å². The van der Waals surface area contributed by atoms with Crippen LogP contribution in [0.2, 0.25) is 5.02 Å². The lowest BCUT2D eigenvalue weighted by atomic mass is 10.0. The van der Waals surface area contributed by atoms with Gasteiger partial charge in [0.05, 0.1) is 5.69 Å². The van der Waals surface area contributed by atoms with E-state index in [4.69, 9.17) is 11.6 Å². The summed E-state index contributed by atoms with van der Waals surface area (Å²) < 4.78 is 3.13. The number of carbonyl (C=O) groups is 1. The van der Waals surface area contributed by atoms with Gasteiger partial charge in [-0.3, -0.25) is 9.59 Å². The monoisotopic (exact) mass is 448 g/mol. The first kappa shape index (κ1) is 21.8. The molecule has 0 saturated carbocycles. The van der Waals surface area contributed by atoms with Crippen LogP contribution in [0.15, 0.2) is 71.8 Å². The fraction of sp³-hybridized carbons (Fsp3) is 0.240. The van der Waals surface area contributed by atoms with Gasteiger partial charge in [0.2, 0.25) is 5.91 Å². The van der Waals surface area contributed by atoms with Crippen molar-refractivity contribution < 1.29 is 4.79 Å². The SMILES string of the molecule is CC(C)c1ccc(-c2cc3c(=O)n(CCC(=O)NCc4ccc(Cl)cc4)ccn3n2)cc1. The Balaban J connectivity index is 1.43. The van der Waals surface area contributed by atoms with Crippen molar-refractivity contribution in [1.29, 1.82) is 0 Å². The topological polar surface area (TPSA) is 68.4 Å². The summed E-state index contributed by atoms with van der Waals surface area (Å²) >= 11 is 5.88. The summed E-state index contributed by atoms with van der Waals surface area (Å²) in [6, 6.07) is 17.3. The Morgan fingerprint density at radius 1 is 1.06 bits per heavy atom. The smallest absolute Gasteiger partial charge is 0.276 e. The molecule has 4 aromatic rings. The number of aryl methyl sites for hydroxylation is 1. The molecule has 0 aliphatic rings. The van der Waals surface area contributed by atoms with Gasteiger partial charge in [-0.15, -0.1) is 0 Å². The van der Waals surface area contributed by atoms with Crippen molar-refractivity contribution >= 4 is 23.0 Å². The molecule has 32 heavy (non-hydrogen) atoms. The molecule has 1 N–H and O–H groups in total. The molecule has 0 fully saturated rings. The van der Waals surface area contributed by atoms with Gasteiger partial charge >= 0.3 is 0 Å². The van der Waals surface area contributed by atoms with E-state index in [1.807, 2.05) is 24.3 Å². The van der Waals surface area contributed by atoms with E-state index >= 15 is 0 Å². The molecule has 0 aliphatic carbocycles. The van der Waals surface area contributed by atoms with Gasteiger partial charge in [-0.1, -0.05) is 61.8 Å². The van der Waals surface area contributed by atoms with Crippen LogP contribution in [0.3, 0.4) is 0 Å². The zero-order chi connectivity index (χ0) is 22.7. The van der Waals surface area contributed by atoms with Crippen molar-refractivity contribution in [3.63, 3.8) is 0 Å². The fourth-order valence-corrected chi connectivity index (χ4v) is 3.62. The highest BCUT2D eigenvalue weighted by Crippen LogP contribution is 2.22. The van der Waals surface area contributed by atoms with Crippen molar-refractivity contribution in [2.75, 3.05) is 0 Å². The Kier molecular flexibility index (Phi) is 6.42. The van der Waals surface area contributed by atoms with Crippen LogP contribution in [0, 0.1) is 0 Å². The molecular formula is C25H25ClN4O2. The molecule has 0 unspecified atom stereocenters. The molecule has 0 bridgehead atoms. The van der Waals surface area contributed by atoms with Crippen molar-refractivity contribution in [3.05, 3.63) is 93.5 Å². The van der Waals surface area contributed by atoms with Gasteiger partial charge in [0.15, 0.2) is 0 Å². The number of nitrogens with one attached hydrogen (secondary N) is 1. The quantitative estimate of drug-likeness (QED) is 0.447. The molecule has 0 spiro atoms. The lowest BCUT2D eigenvalue weighted by Crippen LogP contribution is -2.27. The van der Waals surface area contributed by atoms with Crippen LogP contribution in [0.4, 0.5) is 0 Å². The summed E-state index contributed by atoms with van der Waals surface area (Å²) in [4.78, 5) is 25.1. The minimum atomic E-state index is -0.171. The van der Waals surface area contributed by atoms with Gasteiger partial charge < -0.3 is 9.88 Å². The highest BCUT2D eigenvalue weighted by molar-refractivity contribution is 6.30. The first-order chi connectivity index (χ1) is 15.4. The predicted molar refractivity (Wildman–Crippen MR) is 127 cm³/mol. The van der Waals surface area contributed by atoms with Crippen LogP contribution in [0.25, 0.3) is 16.8 Å². The molecule has 1 amide bonds. The van der Waals surface area contributed by atoms with Crippen molar-refractivity contribution in [1.82, 2.24) is 19.5 Å². The van der Waals surface area contributed by atoms with Crippen LogP contribution in [0.5, 0.6) is 0 Å². The van der Waals surface area contributed by atoms with Crippen molar-refractivity contribution in [3.8, 4) is 11.3 Å². The Morgan fingerprint density at radius 2 is 1.78 bits per heavy atom. The number of benzene rings is 2. The third kappa shape index (κ3) is 4.92. The first-order valence-electron chi connectivity index (χ1n) is 10.6. The standard InChI is InChI=1S/C25H25ClN4O2/c1-17(2)19-5-7-20(8-6-19)22-15-23-25(32)29(13-14-30(23)28-22)12-11-24(31)27-16-18-3-9-21(26)10-4-18/h3-10,13-15,17H,11-12,16H2,1-2H3,(H,27,31). The number of hydrogen-bond acceptors (Lipinski definition) is 3. The van der Waals surface area contributed by atoms with E-state index in [0.717, 1.165) is 16.8 Å². The summed E-state index contributed by atoms with van der Waals surface area (Å²) in [5.41, 5.74) is 4.25. The number of aromatic nitrogens is 3. The minimum absolute atomic E-state index is 0.119. The van der Waals surface area contributed by atoms with Crippen LogP contribution < -0.4 is 10.9 Å². The number of hydrogen-bond donors (Lipinski definition) is 1. The molecule has 0 radical (unpaired) electrons. The van der Waals surface area contributed by atoms with E-state index in [1.54, 1.807) is 39.7 Å². The molecular weight excluding hydrogens is 424 g/mol. The van der Waals surface area contributed by atoms with Crippen molar-refractivity contribution in [2.45, 2.75) is 39.3 Å². The Hall–Kier alpha value is -3.38. The maximum absolute atomic E-state index is 12.9. The van der Waals surface area contributed by atoms with E-state index in [2.05, 4.69) is 36.4 Å². The summed E-state index contributed by atoms with van der Waals surface area (Å²) in [6.45, 7) is 5.03. The maximum atomic E-state index is 12.9. The molecule has 2 aromatic carbocycles. The normalized spacial score (nSPS) is 11.2. The number of halogens is 1. The number of fused-ring (bicyclic) bond motifs is 1. The number of nitrogens with zero attached hydrogens (tertiary/aromatic N) is 3. The summed E-state index contributed by atoms with van der Waals surface area (Å²) in [5, 5.41) is 8.06. The van der Waals surface area contributed by atoms with E-state index in [9.17, 15) is 9.59 Å². The summed E-state index contributed by atoms with van der Waals surface area (Å²) in [5.74, 6) is 0.340. The van der Waals surface area contributed by atoms with E-state index in [-0.39, 0.29) is 17.9 Å². The molecule has 0 atom stereocenters. The molecule has 0 aliphatic heterocycles. The summed E-state index contributed by atoms with van der Waals surface area (Å²) in [7, 11) is 0. The van der Waals surface area contributed by atoms with Gasteiger partial charge in [-0.25, -0.2) is 4.52 Å². The van der Waals surface area contributed by atoms with E-state index in [1.165, 1.54) is 5.56 Å². The second-order valence-corrected chi connectivity index (χ2v) is 8.52. The van der Waals surface area contributed by atoms with Crippen LogP contribution in [0.1, 0.15) is 37.3 Å². The lowest BCUT2D eigenvalue weighted by molar-refractivity contribution is -0.121. The fourth-order valence-electron chi connectivity index (χ4n) is 3.50. The van der Waals surface area contributed by atoms with Gasteiger partial charge in [-0.05, 0) is 35.2 Å². The average molecular weight is 449 g/mol. The highest BCUT2D eigenvalue weighted by Gasteiger charge is 2.11. The Morgan fingerprint density at radius 3 is 2.47 bits per heavy atom. The summed E-state index contributed by atoms with van der Waals surface area (Å²) in [6.07, 6.45) is 3.62. The van der Waals surface area contributed by atoms with Gasteiger partial charge in [-0.2, -0.15) is 5.10 Å². The average Bonchev–Trinajstić information content (AvgIpc) is 3.23. The number of carbonyl (C=O) groups excluding carboxylic acids is 1. The Labute approximate surface area is 191 Å². The first-order valence-corrected chi connectivity index (χ1v) is 11.0. The second kappa shape index (κ2) is 9.40. The largest absolute Gasteiger partial charge is 0.352 e. The molecule has 164 valence electrons. The van der Waals surface area contributed by atoms with E-state index < -0.39 is 0 Å². The van der Waals surface area contributed by atoms with Crippen LogP contribution >= 0.6 is 11.6 Å². The van der Waals surface area contributed by atoms with Gasteiger partial charge in [0.1, 0.15) is 5.52 Å². The molecule has 2 aromatic heterocycles. The molecule has 4 rings (SSSR count). The van der Waals surface area contributed by atoms with Crippen LogP contribution in [-0.4, -0.2) is 20.1 Å². The lowest BCUT2D eigenvalue weighted by Gasteiger charge is -2.07. The van der Waals surface area contributed by atoms with Gasteiger partial charge in [0, 0.05) is 42.5 Å². The minimum Gasteiger partial charge on any atom is -0.352 e.